The Morgan fingerprint density at radius 1 is 1.24 bits per heavy atom. The van der Waals surface area contributed by atoms with Crippen LogP contribution in [0.3, 0.4) is 0 Å². The van der Waals surface area contributed by atoms with Crippen molar-refractivity contribution in [1.82, 2.24) is 15.5 Å². The van der Waals surface area contributed by atoms with E-state index in [2.05, 4.69) is 10.6 Å². The molecule has 2 saturated heterocycles. The first-order valence-corrected chi connectivity index (χ1v) is 7.57. The molecule has 21 heavy (non-hydrogen) atoms. The molecular formula is C14H15Cl2N3O2. The van der Waals surface area contributed by atoms with Gasteiger partial charge in [0.05, 0.1) is 6.54 Å². The fourth-order valence-electron chi connectivity index (χ4n) is 2.86. The van der Waals surface area contributed by atoms with Crippen LogP contribution in [0, 0.1) is 0 Å². The first-order valence-electron chi connectivity index (χ1n) is 6.81. The Morgan fingerprint density at radius 2 is 1.95 bits per heavy atom. The van der Waals surface area contributed by atoms with Crippen LogP contribution in [-0.4, -0.2) is 35.5 Å². The number of nitrogens with one attached hydrogen (secondary N) is 2. The van der Waals surface area contributed by atoms with E-state index in [1.807, 2.05) is 0 Å². The highest BCUT2D eigenvalue weighted by Crippen LogP contribution is 2.30. The van der Waals surface area contributed by atoms with Gasteiger partial charge < -0.3 is 10.6 Å². The average molecular weight is 328 g/mol. The standard InChI is InChI=1S/C14H15Cl2N3O2/c15-10-3-1-4-11(16)9(10)7-19-12(20)14(18-13(19)21)5-2-6-17-8-14/h1,3-4,17H,2,5-8H2,(H,18,21). The monoisotopic (exact) mass is 327 g/mol. The van der Waals surface area contributed by atoms with Crippen molar-refractivity contribution >= 4 is 35.1 Å². The largest absolute Gasteiger partial charge is 0.325 e. The average Bonchev–Trinajstić information content (AvgIpc) is 2.67. The molecule has 3 rings (SSSR count). The van der Waals surface area contributed by atoms with Crippen LogP contribution < -0.4 is 10.6 Å². The minimum Gasteiger partial charge on any atom is -0.322 e. The highest BCUT2D eigenvalue weighted by Gasteiger charge is 2.51. The van der Waals surface area contributed by atoms with Gasteiger partial charge in [-0.05, 0) is 31.5 Å². The molecule has 5 nitrogen and oxygen atoms in total. The van der Waals surface area contributed by atoms with Crippen molar-refractivity contribution in [3.05, 3.63) is 33.8 Å². The number of amides is 3. The molecule has 1 atom stereocenters. The summed E-state index contributed by atoms with van der Waals surface area (Å²) in [5.41, 5.74) is -0.228. The molecule has 3 amide bonds. The van der Waals surface area contributed by atoms with Crippen LogP contribution in [0.1, 0.15) is 18.4 Å². The van der Waals surface area contributed by atoms with Crippen LogP contribution in [0.25, 0.3) is 0 Å². The van der Waals surface area contributed by atoms with Crippen LogP contribution >= 0.6 is 23.2 Å². The van der Waals surface area contributed by atoms with Gasteiger partial charge in [0, 0.05) is 22.2 Å². The Hall–Kier alpha value is -1.30. The first kappa shape index (κ1) is 14.6. The summed E-state index contributed by atoms with van der Waals surface area (Å²) in [6.07, 6.45) is 1.50. The molecule has 2 aliphatic heterocycles. The normalized spacial score (nSPS) is 25.5. The minimum absolute atomic E-state index is 0.0882. The molecule has 2 N–H and O–H groups in total. The predicted molar refractivity (Wildman–Crippen MR) is 80.4 cm³/mol. The van der Waals surface area contributed by atoms with Gasteiger partial charge in [-0.25, -0.2) is 4.79 Å². The molecule has 112 valence electrons. The zero-order chi connectivity index (χ0) is 15.0. The van der Waals surface area contributed by atoms with Crippen LogP contribution in [0.5, 0.6) is 0 Å². The Kier molecular flexibility index (Phi) is 3.82. The number of carbonyl (C=O) groups is 2. The number of hydrogen-bond acceptors (Lipinski definition) is 3. The molecule has 2 heterocycles. The van der Waals surface area contributed by atoms with E-state index in [1.165, 1.54) is 4.90 Å². The lowest BCUT2D eigenvalue weighted by atomic mass is 9.90. The van der Waals surface area contributed by atoms with Crippen molar-refractivity contribution in [3.63, 3.8) is 0 Å². The summed E-state index contributed by atoms with van der Waals surface area (Å²) >= 11 is 12.2. The van der Waals surface area contributed by atoms with E-state index in [0.29, 0.717) is 28.6 Å². The number of carbonyl (C=O) groups excluding carboxylic acids is 2. The zero-order valence-corrected chi connectivity index (χ0v) is 12.8. The van der Waals surface area contributed by atoms with E-state index in [-0.39, 0.29) is 18.5 Å². The SMILES string of the molecule is O=C1NC2(CCCNC2)C(=O)N1Cc1c(Cl)cccc1Cl. The van der Waals surface area contributed by atoms with Crippen molar-refractivity contribution in [1.29, 1.82) is 0 Å². The van der Waals surface area contributed by atoms with Crippen LogP contribution in [-0.2, 0) is 11.3 Å². The van der Waals surface area contributed by atoms with Gasteiger partial charge in [-0.1, -0.05) is 29.3 Å². The molecule has 0 bridgehead atoms. The lowest BCUT2D eigenvalue weighted by Gasteiger charge is -2.31. The number of imide groups is 1. The van der Waals surface area contributed by atoms with Gasteiger partial charge in [0.15, 0.2) is 0 Å². The van der Waals surface area contributed by atoms with E-state index in [0.717, 1.165) is 13.0 Å². The summed E-state index contributed by atoms with van der Waals surface area (Å²) in [5.74, 6) is -0.212. The second kappa shape index (κ2) is 5.48. The lowest BCUT2D eigenvalue weighted by Crippen LogP contribution is -2.57. The van der Waals surface area contributed by atoms with Gasteiger partial charge in [-0.15, -0.1) is 0 Å². The molecule has 0 aromatic heterocycles. The van der Waals surface area contributed by atoms with Gasteiger partial charge in [-0.2, -0.15) is 0 Å². The highest BCUT2D eigenvalue weighted by molar-refractivity contribution is 6.36. The Bertz CT molecular complexity index is 580. The topological polar surface area (TPSA) is 61.4 Å². The summed E-state index contributed by atoms with van der Waals surface area (Å²) in [6.45, 7) is 1.41. The minimum atomic E-state index is -0.816. The predicted octanol–water partition coefficient (Wildman–Crippen LogP) is 2.17. The second-order valence-corrected chi connectivity index (χ2v) is 6.20. The van der Waals surface area contributed by atoms with E-state index in [4.69, 9.17) is 23.2 Å². The number of rotatable bonds is 2. The number of benzene rings is 1. The highest BCUT2D eigenvalue weighted by atomic mass is 35.5. The van der Waals surface area contributed by atoms with E-state index < -0.39 is 5.54 Å². The number of urea groups is 1. The summed E-state index contributed by atoms with van der Waals surface area (Å²) in [4.78, 5) is 26.0. The molecule has 0 saturated carbocycles. The maximum absolute atomic E-state index is 12.6. The number of hydrogen-bond donors (Lipinski definition) is 2. The molecule has 0 aliphatic carbocycles. The van der Waals surface area contributed by atoms with Crippen molar-refractivity contribution in [2.24, 2.45) is 0 Å². The fourth-order valence-corrected chi connectivity index (χ4v) is 3.37. The van der Waals surface area contributed by atoms with Crippen molar-refractivity contribution in [2.75, 3.05) is 13.1 Å². The molecule has 2 aliphatic rings. The third-order valence-corrected chi connectivity index (χ3v) is 4.72. The summed E-state index contributed by atoms with van der Waals surface area (Å²) in [6, 6.07) is 4.73. The Balaban J connectivity index is 1.86. The van der Waals surface area contributed by atoms with Crippen LogP contribution in [0.4, 0.5) is 4.79 Å². The van der Waals surface area contributed by atoms with E-state index in [9.17, 15) is 9.59 Å². The fraction of sp³-hybridized carbons (Fsp3) is 0.429. The Morgan fingerprint density at radius 3 is 2.57 bits per heavy atom. The number of halogens is 2. The van der Waals surface area contributed by atoms with Gasteiger partial charge in [0.25, 0.3) is 5.91 Å². The van der Waals surface area contributed by atoms with Gasteiger partial charge in [0.2, 0.25) is 0 Å². The molecule has 1 aromatic carbocycles. The maximum atomic E-state index is 12.6. The molecule has 1 unspecified atom stereocenters. The lowest BCUT2D eigenvalue weighted by molar-refractivity contribution is -0.132. The maximum Gasteiger partial charge on any atom is 0.325 e. The number of nitrogens with zero attached hydrogens (tertiary/aromatic N) is 1. The molecule has 7 heteroatoms. The smallest absolute Gasteiger partial charge is 0.322 e. The third kappa shape index (κ3) is 2.50. The van der Waals surface area contributed by atoms with E-state index >= 15 is 0 Å². The quantitative estimate of drug-likeness (QED) is 0.818. The van der Waals surface area contributed by atoms with Gasteiger partial charge in [-0.3, -0.25) is 9.69 Å². The molecule has 0 radical (unpaired) electrons. The summed E-state index contributed by atoms with van der Waals surface area (Å²) in [7, 11) is 0. The first-order chi connectivity index (χ1) is 10.0. The molecular weight excluding hydrogens is 313 g/mol. The van der Waals surface area contributed by atoms with Crippen molar-refractivity contribution < 1.29 is 9.59 Å². The summed E-state index contributed by atoms with van der Waals surface area (Å²) < 4.78 is 0. The van der Waals surface area contributed by atoms with Gasteiger partial charge >= 0.3 is 6.03 Å². The van der Waals surface area contributed by atoms with E-state index in [1.54, 1.807) is 18.2 Å². The second-order valence-electron chi connectivity index (χ2n) is 5.38. The van der Waals surface area contributed by atoms with Crippen LogP contribution in [0.15, 0.2) is 18.2 Å². The Labute approximate surface area is 132 Å². The molecule has 1 aromatic rings. The summed E-state index contributed by atoms with van der Waals surface area (Å²) in [5, 5.41) is 6.88. The molecule has 1 spiro atoms. The number of piperidine rings is 1. The van der Waals surface area contributed by atoms with Crippen molar-refractivity contribution in [3.8, 4) is 0 Å². The van der Waals surface area contributed by atoms with Crippen LogP contribution in [0.2, 0.25) is 10.0 Å². The third-order valence-electron chi connectivity index (χ3n) is 4.01. The van der Waals surface area contributed by atoms with Gasteiger partial charge in [0.1, 0.15) is 5.54 Å². The zero-order valence-electron chi connectivity index (χ0n) is 11.3. The van der Waals surface area contributed by atoms with Crippen molar-refractivity contribution in [2.45, 2.75) is 24.9 Å². The molecule has 2 fully saturated rings.